The second-order valence-electron chi connectivity index (χ2n) is 4.30. The zero-order valence-corrected chi connectivity index (χ0v) is 12.8. The number of methoxy groups -OCH3 is 1. The lowest BCUT2D eigenvalue weighted by atomic mass is 10.1. The molecular weight excluding hydrogens is 277 g/mol. The number of nitrogens with two attached hydrogens (primary N) is 1. The molecule has 0 saturated carbocycles. The van der Waals surface area contributed by atoms with Gasteiger partial charge in [0, 0.05) is 52.3 Å². The van der Waals surface area contributed by atoms with Crippen LogP contribution >= 0.6 is 24.8 Å². The van der Waals surface area contributed by atoms with Gasteiger partial charge in [-0.1, -0.05) is 6.92 Å². The van der Waals surface area contributed by atoms with Crippen LogP contribution in [0, 0.1) is 5.92 Å². The summed E-state index contributed by atoms with van der Waals surface area (Å²) >= 11 is 0. The molecule has 0 aromatic carbocycles. The van der Waals surface area contributed by atoms with Gasteiger partial charge in [-0.2, -0.15) is 0 Å². The molecule has 1 heterocycles. The van der Waals surface area contributed by atoms with Crippen molar-refractivity contribution in [2.45, 2.75) is 6.92 Å². The fourth-order valence-corrected chi connectivity index (χ4v) is 1.82. The smallest absolute Gasteiger partial charge is 0.226 e. The van der Waals surface area contributed by atoms with Gasteiger partial charge in [-0.05, 0) is 0 Å². The topological polar surface area (TPSA) is 58.8 Å². The Morgan fingerprint density at radius 3 is 2.28 bits per heavy atom. The molecule has 110 valence electrons. The van der Waals surface area contributed by atoms with Crippen molar-refractivity contribution in [1.29, 1.82) is 0 Å². The summed E-state index contributed by atoms with van der Waals surface area (Å²) in [7, 11) is 1.71. The molecular formula is C11H25Cl2N3O2. The molecule has 5 nitrogen and oxygen atoms in total. The molecule has 1 amide bonds. The van der Waals surface area contributed by atoms with Gasteiger partial charge in [0.2, 0.25) is 5.91 Å². The van der Waals surface area contributed by atoms with Crippen molar-refractivity contribution < 1.29 is 9.53 Å². The van der Waals surface area contributed by atoms with Crippen LogP contribution in [0.1, 0.15) is 6.92 Å². The van der Waals surface area contributed by atoms with Gasteiger partial charge >= 0.3 is 0 Å². The second-order valence-corrected chi connectivity index (χ2v) is 4.30. The molecule has 1 aliphatic heterocycles. The van der Waals surface area contributed by atoms with E-state index in [-0.39, 0.29) is 36.6 Å². The van der Waals surface area contributed by atoms with Crippen LogP contribution in [0.15, 0.2) is 0 Å². The van der Waals surface area contributed by atoms with E-state index in [1.54, 1.807) is 7.11 Å². The van der Waals surface area contributed by atoms with Crippen LogP contribution in [-0.4, -0.2) is 68.7 Å². The van der Waals surface area contributed by atoms with Crippen LogP contribution in [0.25, 0.3) is 0 Å². The summed E-state index contributed by atoms with van der Waals surface area (Å²) in [5.41, 5.74) is 5.50. The summed E-state index contributed by atoms with van der Waals surface area (Å²) in [6.07, 6.45) is 0. The first-order valence-electron chi connectivity index (χ1n) is 5.89. The van der Waals surface area contributed by atoms with Crippen LogP contribution in [0.4, 0.5) is 0 Å². The molecule has 1 saturated heterocycles. The first-order valence-corrected chi connectivity index (χ1v) is 5.89. The Hall–Kier alpha value is -0.0700. The van der Waals surface area contributed by atoms with E-state index in [2.05, 4.69) is 4.90 Å². The Morgan fingerprint density at radius 1 is 1.28 bits per heavy atom. The summed E-state index contributed by atoms with van der Waals surface area (Å²) in [6, 6.07) is 0. The molecule has 0 spiro atoms. The third-order valence-electron chi connectivity index (χ3n) is 3.07. The summed E-state index contributed by atoms with van der Waals surface area (Å²) in [5, 5.41) is 0. The van der Waals surface area contributed by atoms with Crippen LogP contribution in [0.5, 0.6) is 0 Å². The number of carbonyl (C=O) groups excluding carboxylic acids is 1. The van der Waals surface area contributed by atoms with Crippen LogP contribution < -0.4 is 5.73 Å². The van der Waals surface area contributed by atoms with Crippen molar-refractivity contribution >= 4 is 30.7 Å². The third-order valence-corrected chi connectivity index (χ3v) is 3.07. The fourth-order valence-electron chi connectivity index (χ4n) is 1.82. The number of ether oxygens (including phenoxy) is 1. The number of piperazine rings is 1. The van der Waals surface area contributed by atoms with Crippen molar-refractivity contribution in [2.24, 2.45) is 11.7 Å². The quantitative estimate of drug-likeness (QED) is 0.789. The molecule has 18 heavy (non-hydrogen) atoms. The molecule has 1 rings (SSSR count). The Bertz CT molecular complexity index is 224. The molecule has 7 heteroatoms. The van der Waals surface area contributed by atoms with E-state index in [0.717, 1.165) is 39.3 Å². The highest BCUT2D eigenvalue weighted by Gasteiger charge is 2.23. The summed E-state index contributed by atoms with van der Waals surface area (Å²) in [6.45, 7) is 7.53. The lowest BCUT2D eigenvalue weighted by molar-refractivity contribution is -0.136. The van der Waals surface area contributed by atoms with Gasteiger partial charge in [0.25, 0.3) is 0 Å². The third kappa shape index (κ3) is 6.20. The van der Waals surface area contributed by atoms with Gasteiger partial charge in [-0.15, -0.1) is 24.8 Å². The zero-order valence-electron chi connectivity index (χ0n) is 11.1. The minimum Gasteiger partial charge on any atom is -0.383 e. The summed E-state index contributed by atoms with van der Waals surface area (Å²) in [5.74, 6) is 0.138. The Morgan fingerprint density at radius 2 is 1.83 bits per heavy atom. The molecule has 0 aromatic rings. The molecule has 0 radical (unpaired) electrons. The Kier molecular flexibility index (Phi) is 12.2. The lowest BCUT2D eigenvalue weighted by Crippen LogP contribution is -2.51. The van der Waals surface area contributed by atoms with E-state index < -0.39 is 0 Å². The highest BCUT2D eigenvalue weighted by molar-refractivity contribution is 5.85. The first-order chi connectivity index (χ1) is 7.69. The largest absolute Gasteiger partial charge is 0.383 e. The minimum absolute atomic E-state index is 0. The molecule has 1 unspecified atom stereocenters. The highest BCUT2D eigenvalue weighted by atomic mass is 35.5. The van der Waals surface area contributed by atoms with Crippen LogP contribution in [0.3, 0.4) is 0 Å². The van der Waals surface area contributed by atoms with E-state index in [1.165, 1.54) is 0 Å². The zero-order chi connectivity index (χ0) is 12.0. The SMILES string of the molecule is COCCN1CCN(C(=O)C(C)CN)CC1.Cl.Cl. The lowest BCUT2D eigenvalue weighted by Gasteiger charge is -2.35. The fraction of sp³-hybridized carbons (Fsp3) is 0.909. The number of nitrogens with zero attached hydrogens (tertiary/aromatic N) is 2. The standard InChI is InChI=1S/C11H23N3O2.2ClH/c1-10(9-12)11(15)14-5-3-13(4-6-14)7-8-16-2;;/h10H,3-9,12H2,1-2H3;2*1H. The molecule has 0 bridgehead atoms. The predicted molar refractivity (Wildman–Crippen MR) is 77.6 cm³/mol. The minimum atomic E-state index is -0.0504. The number of carbonyl (C=O) groups is 1. The van der Waals surface area contributed by atoms with Crippen molar-refractivity contribution in [1.82, 2.24) is 9.80 Å². The number of amides is 1. The molecule has 0 aliphatic carbocycles. The van der Waals surface area contributed by atoms with Gasteiger partial charge < -0.3 is 15.4 Å². The van der Waals surface area contributed by atoms with Crippen molar-refractivity contribution in [3.8, 4) is 0 Å². The van der Waals surface area contributed by atoms with Gasteiger partial charge in [-0.3, -0.25) is 9.69 Å². The second kappa shape index (κ2) is 10.8. The van der Waals surface area contributed by atoms with Gasteiger partial charge in [0.05, 0.1) is 6.61 Å². The van der Waals surface area contributed by atoms with Crippen molar-refractivity contribution in [3.05, 3.63) is 0 Å². The maximum Gasteiger partial charge on any atom is 0.226 e. The van der Waals surface area contributed by atoms with Gasteiger partial charge in [-0.25, -0.2) is 0 Å². The Labute approximate surface area is 122 Å². The van der Waals surface area contributed by atoms with Crippen LogP contribution in [0.2, 0.25) is 0 Å². The molecule has 0 aromatic heterocycles. The maximum absolute atomic E-state index is 11.9. The number of hydrogen-bond donors (Lipinski definition) is 1. The number of hydrogen-bond acceptors (Lipinski definition) is 4. The van der Waals surface area contributed by atoms with Gasteiger partial charge in [0.15, 0.2) is 0 Å². The van der Waals surface area contributed by atoms with Crippen molar-refractivity contribution in [3.63, 3.8) is 0 Å². The van der Waals surface area contributed by atoms with E-state index >= 15 is 0 Å². The summed E-state index contributed by atoms with van der Waals surface area (Å²) < 4.78 is 5.04. The predicted octanol–water partition coefficient (Wildman–Crippen LogP) is 0.215. The van der Waals surface area contributed by atoms with E-state index in [0.29, 0.717) is 6.54 Å². The molecule has 1 aliphatic rings. The van der Waals surface area contributed by atoms with E-state index in [9.17, 15) is 4.79 Å². The molecule has 2 N–H and O–H groups in total. The average molecular weight is 302 g/mol. The van der Waals surface area contributed by atoms with Crippen molar-refractivity contribution in [2.75, 3.05) is 53.0 Å². The normalized spacial score (nSPS) is 17.6. The van der Waals surface area contributed by atoms with Crippen LogP contribution in [-0.2, 0) is 9.53 Å². The monoisotopic (exact) mass is 301 g/mol. The molecule has 1 atom stereocenters. The number of rotatable bonds is 5. The summed E-state index contributed by atoms with van der Waals surface area (Å²) in [4.78, 5) is 16.1. The highest BCUT2D eigenvalue weighted by Crippen LogP contribution is 2.06. The Balaban J connectivity index is 0. The van der Waals surface area contributed by atoms with E-state index in [4.69, 9.17) is 10.5 Å². The maximum atomic E-state index is 11.9. The van der Waals surface area contributed by atoms with E-state index in [1.807, 2.05) is 11.8 Å². The van der Waals surface area contributed by atoms with Gasteiger partial charge in [0.1, 0.15) is 0 Å². The first kappa shape index (κ1) is 20.3. The average Bonchev–Trinajstić information content (AvgIpc) is 2.35. The molecule has 1 fully saturated rings. The number of halogens is 2.